The highest BCUT2D eigenvalue weighted by Crippen LogP contribution is 2.16. The van der Waals surface area contributed by atoms with Crippen molar-refractivity contribution in [3.8, 4) is 0 Å². The van der Waals surface area contributed by atoms with Gasteiger partial charge in [0.25, 0.3) is 0 Å². The zero-order valence-electron chi connectivity index (χ0n) is 10.1. The van der Waals surface area contributed by atoms with E-state index in [9.17, 15) is 13.6 Å². The maximum atomic E-state index is 13.0. The zero-order valence-corrected chi connectivity index (χ0v) is 10.1. The van der Waals surface area contributed by atoms with Crippen LogP contribution in [-0.4, -0.2) is 19.0 Å². The van der Waals surface area contributed by atoms with Crippen molar-refractivity contribution in [3.63, 3.8) is 0 Å². The van der Waals surface area contributed by atoms with Crippen molar-refractivity contribution in [2.24, 2.45) is 0 Å². The van der Waals surface area contributed by atoms with Gasteiger partial charge in [-0.25, -0.2) is 8.78 Å². The molecule has 1 aromatic rings. The average molecular weight is 242 g/mol. The smallest absolute Gasteiger partial charge is 0.236 e. The maximum Gasteiger partial charge on any atom is 0.236 e. The highest BCUT2D eigenvalue weighted by Gasteiger charge is 2.15. The van der Waals surface area contributed by atoms with Crippen LogP contribution in [0.2, 0.25) is 0 Å². The summed E-state index contributed by atoms with van der Waals surface area (Å²) in [6.45, 7) is 3.49. The maximum absolute atomic E-state index is 13.0. The summed E-state index contributed by atoms with van der Waals surface area (Å²) in [7, 11) is 1.54. The molecule has 0 saturated carbocycles. The monoisotopic (exact) mass is 242 g/mol. The van der Waals surface area contributed by atoms with E-state index in [1.54, 1.807) is 20.9 Å². The largest absolute Gasteiger partial charge is 0.358 e. The van der Waals surface area contributed by atoms with E-state index in [-0.39, 0.29) is 11.9 Å². The number of likely N-dealkylation sites (N-methyl/N-ethyl adjacent to an activating group) is 1. The molecule has 0 aliphatic carbocycles. The molecule has 0 fully saturated rings. The predicted octanol–water partition coefficient (Wildman–Crippen LogP) is 1.75. The molecule has 94 valence electrons. The van der Waals surface area contributed by atoms with Gasteiger partial charge >= 0.3 is 0 Å². The third-order valence-electron chi connectivity index (χ3n) is 2.58. The molecule has 2 unspecified atom stereocenters. The molecule has 0 spiro atoms. The second-order valence-electron chi connectivity index (χ2n) is 3.90. The number of carbonyl (C=O) groups excluding carboxylic acids is 1. The Hall–Kier alpha value is -1.49. The molecule has 2 atom stereocenters. The Morgan fingerprint density at radius 1 is 1.24 bits per heavy atom. The van der Waals surface area contributed by atoms with Crippen LogP contribution >= 0.6 is 0 Å². The Balaban J connectivity index is 2.72. The minimum absolute atomic E-state index is 0.153. The van der Waals surface area contributed by atoms with E-state index >= 15 is 0 Å². The van der Waals surface area contributed by atoms with Gasteiger partial charge in [0, 0.05) is 13.1 Å². The van der Waals surface area contributed by atoms with Crippen molar-refractivity contribution in [1.82, 2.24) is 10.6 Å². The minimum Gasteiger partial charge on any atom is -0.358 e. The fourth-order valence-electron chi connectivity index (χ4n) is 1.55. The number of hydrogen-bond donors (Lipinski definition) is 2. The first-order valence-electron chi connectivity index (χ1n) is 5.38. The zero-order chi connectivity index (χ0) is 13.0. The molecule has 0 aliphatic heterocycles. The van der Waals surface area contributed by atoms with Crippen LogP contribution in [0.5, 0.6) is 0 Å². The fourth-order valence-corrected chi connectivity index (χ4v) is 1.55. The summed E-state index contributed by atoms with van der Waals surface area (Å²) in [6, 6.07) is 3.06. The number of benzene rings is 1. The Morgan fingerprint density at radius 3 is 2.41 bits per heavy atom. The van der Waals surface area contributed by atoms with Gasteiger partial charge in [0.2, 0.25) is 5.91 Å². The molecule has 2 N–H and O–H groups in total. The number of rotatable bonds is 4. The molecule has 0 heterocycles. The quantitative estimate of drug-likeness (QED) is 0.844. The fraction of sp³-hybridized carbons (Fsp3) is 0.417. The van der Waals surface area contributed by atoms with Gasteiger partial charge in [0.15, 0.2) is 11.6 Å². The molecule has 0 bridgehead atoms. The molecule has 3 nitrogen and oxygen atoms in total. The van der Waals surface area contributed by atoms with E-state index in [0.717, 1.165) is 12.1 Å². The van der Waals surface area contributed by atoms with Crippen LogP contribution in [0.3, 0.4) is 0 Å². The molecule has 5 heteroatoms. The van der Waals surface area contributed by atoms with Gasteiger partial charge in [-0.15, -0.1) is 0 Å². The van der Waals surface area contributed by atoms with Crippen molar-refractivity contribution >= 4 is 5.91 Å². The van der Waals surface area contributed by atoms with Gasteiger partial charge in [-0.05, 0) is 31.5 Å². The standard InChI is InChI=1S/C12H16F2N2O/c1-7(16-8(2)12(17)15-3)9-4-5-10(13)11(14)6-9/h4-8,16H,1-3H3,(H,15,17). The molecule has 0 aliphatic rings. The van der Waals surface area contributed by atoms with Crippen LogP contribution in [0, 0.1) is 11.6 Å². The SMILES string of the molecule is CNC(=O)C(C)NC(C)c1ccc(F)c(F)c1. The summed E-state index contributed by atoms with van der Waals surface area (Å²) >= 11 is 0. The number of hydrogen-bond acceptors (Lipinski definition) is 2. The van der Waals surface area contributed by atoms with Gasteiger partial charge in [-0.3, -0.25) is 10.1 Å². The van der Waals surface area contributed by atoms with Gasteiger partial charge in [-0.2, -0.15) is 0 Å². The van der Waals surface area contributed by atoms with Gasteiger partial charge in [0.05, 0.1) is 6.04 Å². The topological polar surface area (TPSA) is 41.1 Å². The normalized spacial score (nSPS) is 14.2. The van der Waals surface area contributed by atoms with Crippen molar-refractivity contribution in [3.05, 3.63) is 35.4 Å². The Kier molecular flexibility index (Phi) is 4.57. The van der Waals surface area contributed by atoms with Crippen molar-refractivity contribution < 1.29 is 13.6 Å². The lowest BCUT2D eigenvalue weighted by molar-refractivity contribution is -0.122. The third-order valence-corrected chi connectivity index (χ3v) is 2.58. The molecule has 17 heavy (non-hydrogen) atoms. The molecule has 1 rings (SSSR count). The average Bonchev–Trinajstić information content (AvgIpc) is 2.31. The lowest BCUT2D eigenvalue weighted by atomic mass is 10.1. The Morgan fingerprint density at radius 2 is 1.88 bits per heavy atom. The van der Waals surface area contributed by atoms with Crippen LogP contribution in [0.15, 0.2) is 18.2 Å². The van der Waals surface area contributed by atoms with E-state index in [0.29, 0.717) is 5.56 Å². The molecule has 1 aromatic carbocycles. The van der Waals surface area contributed by atoms with Crippen LogP contribution in [0.4, 0.5) is 8.78 Å². The third kappa shape index (κ3) is 3.49. The van der Waals surface area contributed by atoms with E-state index in [4.69, 9.17) is 0 Å². The van der Waals surface area contributed by atoms with Crippen molar-refractivity contribution in [2.45, 2.75) is 25.9 Å². The predicted molar refractivity (Wildman–Crippen MR) is 61.4 cm³/mol. The highest BCUT2D eigenvalue weighted by molar-refractivity contribution is 5.80. The number of carbonyl (C=O) groups is 1. The van der Waals surface area contributed by atoms with Gasteiger partial charge in [-0.1, -0.05) is 6.07 Å². The van der Waals surface area contributed by atoms with E-state index in [2.05, 4.69) is 10.6 Å². The van der Waals surface area contributed by atoms with Gasteiger partial charge < -0.3 is 5.32 Å². The lowest BCUT2D eigenvalue weighted by Crippen LogP contribution is -2.41. The van der Waals surface area contributed by atoms with E-state index in [1.165, 1.54) is 6.07 Å². The van der Waals surface area contributed by atoms with Crippen LogP contribution < -0.4 is 10.6 Å². The van der Waals surface area contributed by atoms with E-state index < -0.39 is 17.7 Å². The summed E-state index contributed by atoms with van der Waals surface area (Å²) < 4.78 is 25.8. The summed E-state index contributed by atoms with van der Waals surface area (Å²) in [5.74, 6) is -1.91. The van der Waals surface area contributed by atoms with Crippen LogP contribution in [0.1, 0.15) is 25.5 Å². The molecule has 0 aromatic heterocycles. The summed E-state index contributed by atoms with van der Waals surface area (Å²) in [5, 5.41) is 5.50. The number of halogens is 2. The van der Waals surface area contributed by atoms with Crippen molar-refractivity contribution in [2.75, 3.05) is 7.05 Å². The first-order valence-corrected chi connectivity index (χ1v) is 5.38. The van der Waals surface area contributed by atoms with Gasteiger partial charge in [0.1, 0.15) is 0 Å². The number of nitrogens with one attached hydrogen (secondary N) is 2. The molecule has 0 radical (unpaired) electrons. The summed E-state index contributed by atoms with van der Waals surface area (Å²) in [5.41, 5.74) is 0.597. The second kappa shape index (κ2) is 5.72. The molecule has 1 amide bonds. The molecule has 0 saturated heterocycles. The van der Waals surface area contributed by atoms with Crippen LogP contribution in [-0.2, 0) is 4.79 Å². The first-order chi connectivity index (χ1) is 7.95. The lowest BCUT2D eigenvalue weighted by Gasteiger charge is -2.19. The second-order valence-corrected chi connectivity index (χ2v) is 3.90. The molecular formula is C12H16F2N2O. The van der Waals surface area contributed by atoms with Crippen molar-refractivity contribution in [1.29, 1.82) is 0 Å². The van der Waals surface area contributed by atoms with E-state index in [1.807, 2.05) is 0 Å². The summed E-state index contributed by atoms with van der Waals surface area (Å²) in [6.07, 6.45) is 0. The highest BCUT2D eigenvalue weighted by atomic mass is 19.2. The number of amides is 1. The molecular weight excluding hydrogens is 226 g/mol. The first kappa shape index (κ1) is 13.6. The Labute approximate surface area is 99.2 Å². The summed E-state index contributed by atoms with van der Waals surface area (Å²) in [4.78, 5) is 11.3. The Bertz CT molecular complexity index is 409. The van der Waals surface area contributed by atoms with Crippen LogP contribution in [0.25, 0.3) is 0 Å². The minimum atomic E-state index is -0.885.